The van der Waals surface area contributed by atoms with Crippen LogP contribution in [0.15, 0.2) is 11.3 Å². The molecule has 1 saturated carbocycles. The van der Waals surface area contributed by atoms with Crippen molar-refractivity contribution in [2.75, 3.05) is 39.3 Å². The van der Waals surface area contributed by atoms with E-state index in [2.05, 4.69) is 15.5 Å². The number of amides is 3. The van der Waals surface area contributed by atoms with Gasteiger partial charge < -0.3 is 20.3 Å². The highest BCUT2D eigenvalue weighted by Crippen LogP contribution is 2.26. The fraction of sp³-hybridized carbons (Fsp3) is 0.750. The number of esters is 1. The summed E-state index contributed by atoms with van der Waals surface area (Å²) in [5.41, 5.74) is 1.07. The Morgan fingerprint density at radius 3 is 2.43 bits per heavy atom. The largest absolute Gasteiger partial charge is 0.463 e. The summed E-state index contributed by atoms with van der Waals surface area (Å²) in [6, 6.07) is -0.696. The van der Waals surface area contributed by atoms with Crippen molar-refractivity contribution < 1.29 is 19.1 Å². The molecular weight excluding hydrogens is 360 g/mol. The van der Waals surface area contributed by atoms with E-state index in [0.29, 0.717) is 36.8 Å². The Hall–Kier alpha value is -2.09. The third-order valence-corrected chi connectivity index (χ3v) is 5.89. The zero-order chi connectivity index (χ0) is 20.1. The Balaban J connectivity index is 1.60. The summed E-state index contributed by atoms with van der Waals surface area (Å²) >= 11 is 0. The Kier molecular flexibility index (Phi) is 6.93. The van der Waals surface area contributed by atoms with Gasteiger partial charge in [-0.2, -0.15) is 0 Å². The van der Waals surface area contributed by atoms with E-state index >= 15 is 0 Å². The number of nitrogens with zero attached hydrogens (tertiary/aromatic N) is 2. The molecule has 2 heterocycles. The van der Waals surface area contributed by atoms with Crippen LogP contribution in [0.3, 0.4) is 0 Å². The number of hydrogen-bond acceptors (Lipinski definition) is 5. The number of carbonyl (C=O) groups excluding carboxylic acids is 3. The summed E-state index contributed by atoms with van der Waals surface area (Å²) in [6.45, 7) is 7.16. The Bertz CT molecular complexity index is 634. The predicted molar refractivity (Wildman–Crippen MR) is 104 cm³/mol. The molecule has 8 nitrogen and oxygen atoms in total. The molecule has 2 aliphatic heterocycles. The minimum atomic E-state index is -0.399. The molecular formula is C20H32N4O4. The second-order valence-corrected chi connectivity index (χ2v) is 7.87. The molecule has 0 aromatic rings. The highest BCUT2D eigenvalue weighted by molar-refractivity contribution is 5.94. The first-order valence-electron chi connectivity index (χ1n) is 10.5. The Labute approximate surface area is 166 Å². The van der Waals surface area contributed by atoms with Crippen LogP contribution in [0.1, 0.15) is 46.0 Å². The number of piperazine rings is 1. The number of carbonyl (C=O) groups is 3. The van der Waals surface area contributed by atoms with Crippen LogP contribution in [0.4, 0.5) is 4.79 Å². The van der Waals surface area contributed by atoms with Gasteiger partial charge in [0.15, 0.2) is 0 Å². The number of rotatable bonds is 5. The first-order chi connectivity index (χ1) is 13.5. The van der Waals surface area contributed by atoms with Crippen LogP contribution in [0.5, 0.6) is 0 Å². The third-order valence-electron chi connectivity index (χ3n) is 5.89. The molecule has 0 aromatic carbocycles. The standard InChI is InChI=1S/C20H32N4O4/c1-3-28-19(26)17-14(2)21-20(27)22-16(17)13-23-9-11-24(12-10-23)18(25)15-7-5-4-6-8-15/h14-15H,3-13H2,1-2H3,(H2,21,22,27). The quantitative estimate of drug-likeness (QED) is 0.687. The topological polar surface area (TPSA) is 91.0 Å². The fourth-order valence-electron chi connectivity index (χ4n) is 4.36. The van der Waals surface area contributed by atoms with Crippen LogP contribution < -0.4 is 10.6 Å². The van der Waals surface area contributed by atoms with Crippen LogP contribution in [0.2, 0.25) is 0 Å². The lowest BCUT2D eigenvalue weighted by Crippen LogP contribution is -2.54. The molecule has 1 saturated heterocycles. The van der Waals surface area contributed by atoms with Crippen LogP contribution in [-0.2, 0) is 14.3 Å². The van der Waals surface area contributed by atoms with Crippen molar-refractivity contribution in [1.82, 2.24) is 20.4 Å². The molecule has 28 heavy (non-hydrogen) atoms. The first kappa shape index (κ1) is 20.6. The lowest BCUT2D eigenvalue weighted by Gasteiger charge is -2.38. The van der Waals surface area contributed by atoms with Crippen molar-refractivity contribution in [3.8, 4) is 0 Å². The normalized spacial score (nSPS) is 24.6. The van der Waals surface area contributed by atoms with Crippen molar-refractivity contribution in [1.29, 1.82) is 0 Å². The number of hydrogen-bond donors (Lipinski definition) is 2. The molecule has 3 aliphatic rings. The van der Waals surface area contributed by atoms with E-state index in [0.717, 1.165) is 38.8 Å². The predicted octanol–water partition coefficient (Wildman–Crippen LogP) is 1.23. The maximum absolute atomic E-state index is 12.7. The minimum Gasteiger partial charge on any atom is -0.463 e. The molecule has 2 fully saturated rings. The van der Waals surface area contributed by atoms with Gasteiger partial charge in [-0.3, -0.25) is 9.69 Å². The zero-order valence-corrected chi connectivity index (χ0v) is 17.0. The molecule has 2 N–H and O–H groups in total. The van der Waals surface area contributed by atoms with Crippen molar-refractivity contribution in [3.63, 3.8) is 0 Å². The second kappa shape index (κ2) is 9.41. The Morgan fingerprint density at radius 1 is 1.11 bits per heavy atom. The van der Waals surface area contributed by atoms with Crippen molar-refractivity contribution in [2.24, 2.45) is 5.92 Å². The molecule has 3 amide bonds. The van der Waals surface area contributed by atoms with E-state index in [1.807, 2.05) is 4.90 Å². The van der Waals surface area contributed by atoms with E-state index in [1.54, 1.807) is 13.8 Å². The van der Waals surface area contributed by atoms with E-state index in [9.17, 15) is 14.4 Å². The lowest BCUT2D eigenvalue weighted by molar-refractivity contribution is -0.139. The van der Waals surface area contributed by atoms with Gasteiger partial charge in [-0.15, -0.1) is 0 Å². The number of urea groups is 1. The van der Waals surface area contributed by atoms with Gasteiger partial charge in [0.25, 0.3) is 0 Å². The van der Waals surface area contributed by atoms with Gasteiger partial charge >= 0.3 is 12.0 Å². The molecule has 156 valence electrons. The summed E-state index contributed by atoms with van der Waals surface area (Å²) in [5, 5.41) is 5.49. The third kappa shape index (κ3) is 4.84. The molecule has 1 unspecified atom stereocenters. The molecule has 1 aliphatic carbocycles. The summed E-state index contributed by atoms with van der Waals surface area (Å²) in [7, 11) is 0. The molecule has 3 rings (SSSR count). The number of nitrogens with one attached hydrogen (secondary N) is 2. The van der Waals surface area contributed by atoms with E-state index in [4.69, 9.17) is 4.74 Å². The smallest absolute Gasteiger partial charge is 0.337 e. The molecule has 0 spiro atoms. The van der Waals surface area contributed by atoms with Gasteiger partial charge in [-0.05, 0) is 26.7 Å². The van der Waals surface area contributed by atoms with Gasteiger partial charge in [0.1, 0.15) is 0 Å². The molecule has 1 atom stereocenters. The first-order valence-corrected chi connectivity index (χ1v) is 10.5. The lowest BCUT2D eigenvalue weighted by atomic mass is 9.88. The molecule has 0 radical (unpaired) electrons. The van der Waals surface area contributed by atoms with Crippen molar-refractivity contribution in [2.45, 2.75) is 52.0 Å². The zero-order valence-electron chi connectivity index (χ0n) is 17.0. The molecule has 0 aromatic heterocycles. The van der Waals surface area contributed by atoms with Crippen molar-refractivity contribution >= 4 is 17.9 Å². The maximum atomic E-state index is 12.7. The van der Waals surface area contributed by atoms with Crippen LogP contribution in [-0.4, -0.2) is 73.1 Å². The van der Waals surface area contributed by atoms with Gasteiger partial charge in [0, 0.05) is 44.3 Å². The fourth-order valence-corrected chi connectivity index (χ4v) is 4.36. The van der Waals surface area contributed by atoms with Crippen molar-refractivity contribution in [3.05, 3.63) is 11.3 Å². The van der Waals surface area contributed by atoms with Gasteiger partial charge in [-0.1, -0.05) is 19.3 Å². The summed E-state index contributed by atoms with van der Waals surface area (Å²) < 4.78 is 5.16. The number of ether oxygens (including phenoxy) is 1. The van der Waals surface area contributed by atoms with Gasteiger partial charge in [0.2, 0.25) is 5.91 Å². The SMILES string of the molecule is CCOC(=O)C1=C(CN2CCN(C(=O)C3CCCCC3)CC2)NC(=O)NC1C. The second-order valence-electron chi connectivity index (χ2n) is 7.87. The maximum Gasteiger partial charge on any atom is 0.337 e. The summed E-state index contributed by atoms with van der Waals surface area (Å²) in [6.07, 6.45) is 5.60. The molecule has 8 heteroatoms. The average molecular weight is 393 g/mol. The van der Waals surface area contributed by atoms with Gasteiger partial charge in [-0.25, -0.2) is 9.59 Å². The van der Waals surface area contributed by atoms with E-state index in [1.165, 1.54) is 6.42 Å². The minimum absolute atomic E-state index is 0.197. The summed E-state index contributed by atoms with van der Waals surface area (Å²) in [5.74, 6) is 0.0983. The van der Waals surface area contributed by atoms with E-state index < -0.39 is 12.0 Å². The van der Waals surface area contributed by atoms with Crippen LogP contribution >= 0.6 is 0 Å². The van der Waals surface area contributed by atoms with Gasteiger partial charge in [0.05, 0.1) is 18.2 Å². The van der Waals surface area contributed by atoms with Crippen LogP contribution in [0.25, 0.3) is 0 Å². The van der Waals surface area contributed by atoms with E-state index in [-0.39, 0.29) is 18.6 Å². The Morgan fingerprint density at radius 2 is 1.79 bits per heavy atom. The van der Waals surface area contributed by atoms with Crippen LogP contribution in [0, 0.1) is 5.92 Å². The summed E-state index contributed by atoms with van der Waals surface area (Å²) in [4.78, 5) is 41.1. The monoisotopic (exact) mass is 392 g/mol. The molecule has 0 bridgehead atoms. The highest BCUT2D eigenvalue weighted by atomic mass is 16.5. The highest BCUT2D eigenvalue weighted by Gasteiger charge is 2.32. The average Bonchev–Trinajstić information content (AvgIpc) is 2.68.